The molecule has 0 fully saturated rings. The normalized spacial score (nSPS) is 10.4. The fourth-order valence-electron chi connectivity index (χ4n) is 1.63. The summed E-state index contributed by atoms with van der Waals surface area (Å²) >= 11 is 0. The number of hydrogen-bond donors (Lipinski definition) is 1. The summed E-state index contributed by atoms with van der Waals surface area (Å²) in [6, 6.07) is 9.33. The molecule has 2 rings (SSSR count). The van der Waals surface area contributed by atoms with Gasteiger partial charge < -0.3 is 10.2 Å². The Bertz CT molecular complexity index is 541. The molecule has 0 aliphatic rings. The lowest BCUT2D eigenvalue weighted by Gasteiger charge is -2.05. The Morgan fingerprint density at radius 2 is 1.94 bits per heavy atom. The van der Waals surface area contributed by atoms with Crippen molar-refractivity contribution in [3.05, 3.63) is 47.2 Å². The molecule has 1 heterocycles. The second-order valence-electron chi connectivity index (χ2n) is 3.78. The van der Waals surface area contributed by atoms with Crippen LogP contribution in [0, 0.1) is 13.8 Å². The van der Waals surface area contributed by atoms with Gasteiger partial charge in [-0.1, -0.05) is 18.2 Å². The standard InChI is InChI=1S/C13H13NO2/c1-8-4-3-5-10(9(8)2)11-6-7-12(16-11)13(14)15/h3-7H,1-2H3,(H2,14,15). The van der Waals surface area contributed by atoms with Crippen LogP contribution in [-0.2, 0) is 0 Å². The summed E-state index contributed by atoms with van der Waals surface area (Å²) in [6.45, 7) is 4.06. The summed E-state index contributed by atoms with van der Waals surface area (Å²) in [5.74, 6) is 0.322. The maximum absolute atomic E-state index is 10.9. The number of carbonyl (C=O) groups is 1. The van der Waals surface area contributed by atoms with Crippen molar-refractivity contribution in [1.29, 1.82) is 0 Å². The van der Waals surface area contributed by atoms with Gasteiger partial charge in [-0.05, 0) is 37.1 Å². The third kappa shape index (κ3) is 1.72. The van der Waals surface area contributed by atoms with Crippen LogP contribution in [0.5, 0.6) is 0 Å². The van der Waals surface area contributed by atoms with Crippen LogP contribution < -0.4 is 5.73 Å². The van der Waals surface area contributed by atoms with Gasteiger partial charge in [0.05, 0.1) is 0 Å². The van der Waals surface area contributed by atoms with Gasteiger partial charge >= 0.3 is 0 Å². The molecule has 0 spiro atoms. The van der Waals surface area contributed by atoms with Crippen LogP contribution in [0.3, 0.4) is 0 Å². The molecule has 0 atom stereocenters. The van der Waals surface area contributed by atoms with E-state index in [0.29, 0.717) is 5.76 Å². The molecule has 2 N–H and O–H groups in total. The number of hydrogen-bond acceptors (Lipinski definition) is 2. The monoisotopic (exact) mass is 215 g/mol. The van der Waals surface area contributed by atoms with E-state index in [-0.39, 0.29) is 5.76 Å². The first-order valence-electron chi connectivity index (χ1n) is 5.06. The summed E-state index contributed by atoms with van der Waals surface area (Å²) in [6.07, 6.45) is 0. The highest BCUT2D eigenvalue weighted by molar-refractivity contribution is 5.90. The zero-order chi connectivity index (χ0) is 11.7. The van der Waals surface area contributed by atoms with Gasteiger partial charge in [-0.3, -0.25) is 4.79 Å². The Kier molecular flexibility index (Phi) is 2.52. The maximum Gasteiger partial charge on any atom is 0.284 e. The van der Waals surface area contributed by atoms with Gasteiger partial charge in [0, 0.05) is 5.56 Å². The van der Waals surface area contributed by atoms with E-state index < -0.39 is 5.91 Å². The molecule has 2 aromatic rings. The lowest BCUT2D eigenvalue weighted by molar-refractivity contribution is 0.0974. The summed E-state index contributed by atoms with van der Waals surface area (Å²) in [7, 11) is 0. The molecule has 0 radical (unpaired) electrons. The van der Waals surface area contributed by atoms with E-state index >= 15 is 0 Å². The smallest absolute Gasteiger partial charge is 0.284 e. The topological polar surface area (TPSA) is 56.2 Å². The Labute approximate surface area is 93.9 Å². The summed E-state index contributed by atoms with van der Waals surface area (Å²) in [4.78, 5) is 10.9. The minimum atomic E-state index is -0.545. The highest BCUT2D eigenvalue weighted by Gasteiger charge is 2.10. The van der Waals surface area contributed by atoms with Crippen molar-refractivity contribution < 1.29 is 9.21 Å². The second kappa shape index (κ2) is 3.85. The highest BCUT2D eigenvalue weighted by atomic mass is 16.3. The minimum Gasteiger partial charge on any atom is -0.451 e. The fourth-order valence-corrected chi connectivity index (χ4v) is 1.63. The molecule has 1 amide bonds. The first-order valence-corrected chi connectivity index (χ1v) is 5.06. The van der Waals surface area contributed by atoms with Crippen LogP contribution in [0.2, 0.25) is 0 Å². The molecule has 0 aliphatic carbocycles. The molecule has 16 heavy (non-hydrogen) atoms. The Balaban J connectivity index is 2.50. The van der Waals surface area contributed by atoms with Gasteiger partial charge in [-0.15, -0.1) is 0 Å². The van der Waals surface area contributed by atoms with Gasteiger partial charge in [0.15, 0.2) is 5.76 Å². The number of aryl methyl sites for hydroxylation is 1. The van der Waals surface area contributed by atoms with Crippen molar-refractivity contribution in [2.24, 2.45) is 5.73 Å². The SMILES string of the molecule is Cc1cccc(-c2ccc(C(N)=O)o2)c1C. The molecule has 1 aromatic heterocycles. The predicted octanol–water partition coefficient (Wildman–Crippen LogP) is 2.66. The number of furan rings is 1. The van der Waals surface area contributed by atoms with E-state index in [4.69, 9.17) is 10.2 Å². The number of carbonyl (C=O) groups excluding carboxylic acids is 1. The molecule has 0 unspecified atom stereocenters. The van der Waals surface area contributed by atoms with E-state index in [1.165, 1.54) is 5.56 Å². The minimum absolute atomic E-state index is 0.191. The molecular formula is C13H13NO2. The Hall–Kier alpha value is -2.03. The second-order valence-corrected chi connectivity index (χ2v) is 3.78. The summed E-state index contributed by atoms with van der Waals surface area (Å²) in [5.41, 5.74) is 8.47. The molecule has 3 heteroatoms. The fraction of sp³-hybridized carbons (Fsp3) is 0.154. The first kappa shape index (κ1) is 10.5. The molecule has 0 saturated heterocycles. The van der Waals surface area contributed by atoms with Gasteiger partial charge in [0.25, 0.3) is 5.91 Å². The zero-order valence-electron chi connectivity index (χ0n) is 9.28. The van der Waals surface area contributed by atoms with Crippen LogP contribution in [-0.4, -0.2) is 5.91 Å². The third-order valence-corrected chi connectivity index (χ3v) is 2.72. The van der Waals surface area contributed by atoms with E-state index in [2.05, 4.69) is 0 Å². The van der Waals surface area contributed by atoms with Gasteiger partial charge in [0.1, 0.15) is 5.76 Å². The highest BCUT2D eigenvalue weighted by Crippen LogP contribution is 2.26. The average molecular weight is 215 g/mol. The summed E-state index contributed by atoms with van der Waals surface area (Å²) in [5, 5.41) is 0. The van der Waals surface area contributed by atoms with E-state index in [1.807, 2.05) is 32.0 Å². The third-order valence-electron chi connectivity index (χ3n) is 2.72. The lowest BCUT2D eigenvalue weighted by Crippen LogP contribution is -2.09. The van der Waals surface area contributed by atoms with Crippen molar-refractivity contribution in [3.8, 4) is 11.3 Å². The first-order chi connectivity index (χ1) is 7.59. The van der Waals surface area contributed by atoms with E-state index in [0.717, 1.165) is 11.1 Å². The Morgan fingerprint density at radius 3 is 2.56 bits per heavy atom. The largest absolute Gasteiger partial charge is 0.451 e. The van der Waals surface area contributed by atoms with Crippen molar-refractivity contribution >= 4 is 5.91 Å². The number of amides is 1. The van der Waals surface area contributed by atoms with Crippen LogP contribution in [0.1, 0.15) is 21.7 Å². The predicted molar refractivity (Wildman–Crippen MR) is 62.1 cm³/mol. The molecule has 0 saturated carbocycles. The van der Waals surface area contributed by atoms with Crippen molar-refractivity contribution in [2.45, 2.75) is 13.8 Å². The molecular weight excluding hydrogens is 202 g/mol. The average Bonchev–Trinajstić information content (AvgIpc) is 2.71. The number of nitrogens with two attached hydrogens (primary N) is 1. The summed E-state index contributed by atoms with van der Waals surface area (Å²) < 4.78 is 5.39. The molecule has 1 aromatic carbocycles. The van der Waals surface area contributed by atoms with Crippen molar-refractivity contribution in [2.75, 3.05) is 0 Å². The maximum atomic E-state index is 10.9. The van der Waals surface area contributed by atoms with E-state index in [1.54, 1.807) is 12.1 Å². The van der Waals surface area contributed by atoms with Crippen LogP contribution in [0.15, 0.2) is 34.7 Å². The zero-order valence-corrected chi connectivity index (χ0v) is 9.28. The molecule has 0 aliphatic heterocycles. The van der Waals surface area contributed by atoms with Crippen molar-refractivity contribution in [1.82, 2.24) is 0 Å². The quantitative estimate of drug-likeness (QED) is 0.837. The van der Waals surface area contributed by atoms with Gasteiger partial charge in [-0.25, -0.2) is 0 Å². The number of primary amides is 1. The Morgan fingerprint density at radius 1 is 1.19 bits per heavy atom. The lowest BCUT2D eigenvalue weighted by atomic mass is 10.0. The van der Waals surface area contributed by atoms with E-state index in [9.17, 15) is 4.79 Å². The van der Waals surface area contributed by atoms with Crippen molar-refractivity contribution in [3.63, 3.8) is 0 Å². The van der Waals surface area contributed by atoms with Crippen LogP contribution >= 0.6 is 0 Å². The molecule has 82 valence electrons. The van der Waals surface area contributed by atoms with Crippen LogP contribution in [0.4, 0.5) is 0 Å². The number of benzene rings is 1. The van der Waals surface area contributed by atoms with Crippen LogP contribution in [0.25, 0.3) is 11.3 Å². The molecule has 0 bridgehead atoms. The van der Waals surface area contributed by atoms with Gasteiger partial charge in [0.2, 0.25) is 0 Å². The van der Waals surface area contributed by atoms with Gasteiger partial charge in [-0.2, -0.15) is 0 Å². The number of rotatable bonds is 2. The molecule has 3 nitrogen and oxygen atoms in total.